The molecular formula is C17H23N3OS. The number of benzene rings is 1. The predicted octanol–water partition coefficient (Wildman–Crippen LogP) is 3.48. The molecule has 1 aromatic carbocycles. The number of hydrogen-bond donors (Lipinski definition) is 3. The first-order valence-electron chi connectivity index (χ1n) is 7.67. The van der Waals surface area contributed by atoms with E-state index in [9.17, 15) is 4.79 Å². The monoisotopic (exact) mass is 317 g/mol. The van der Waals surface area contributed by atoms with Crippen LogP contribution in [0.2, 0.25) is 0 Å². The second kappa shape index (κ2) is 7.94. The number of nitrogens with one attached hydrogen (secondary N) is 3. The summed E-state index contributed by atoms with van der Waals surface area (Å²) in [5, 5.41) is 3.43. The van der Waals surface area contributed by atoms with E-state index in [4.69, 9.17) is 12.2 Å². The fraction of sp³-hybridized carbons (Fsp3) is 0.412. The van der Waals surface area contributed by atoms with E-state index in [1.54, 1.807) is 0 Å². The summed E-state index contributed by atoms with van der Waals surface area (Å²) in [5.41, 5.74) is 7.55. The van der Waals surface area contributed by atoms with Crippen molar-refractivity contribution >= 4 is 28.9 Å². The van der Waals surface area contributed by atoms with Crippen LogP contribution in [-0.4, -0.2) is 11.0 Å². The molecule has 3 N–H and O–H groups in total. The highest BCUT2D eigenvalue weighted by molar-refractivity contribution is 7.80. The Bertz CT molecular complexity index is 552. The molecule has 0 spiro atoms. The molecule has 2 rings (SSSR count). The molecule has 4 nitrogen and oxygen atoms in total. The van der Waals surface area contributed by atoms with Gasteiger partial charge in [-0.05, 0) is 54.6 Å². The zero-order valence-corrected chi connectivity index (χ0v) is 13.9. The third-order valence-corrected chi connectivity index (χ3v) is 3.91. The highest BCUT2D eigenvalue weighted by Gasteiger charge is 2.13. The molecule has 5 heteroatoms. The Morgan fingerprint density at radius 2 is 2.00 bits per heavy atom. The average Bonchev–Trinajstić information content (AvgIpc) is 2.98. The summed E-state index contributed by atoms with van der Waals surface area (Å²) in [6.45, 7) is 4.31. The van der Waals surface area contributed by atoms with E-state index in [1.807, 2.05) is 12.1 Å². The second-order valence-electron chi connectivity index (χ2n) is 5.87. The summed E-state index contributed by atoms with van der Waals surface area (Å²) in [6, 6.07) is 8.10. The topological polar surface area (TPSA) is 53.2 Å². The second-order valence-corrected chi connectivity index (χ2v) is 6.28. The predicted molar refractivity (Wildman–Crippen MR) is 94.5 cm³/mol. The molecule has 0 heterocycles. The van der Waals surface area contributed by atoms with Gasteiger partial charge in [0.25, 0.3) is 0 Å². The molecule has 1 aliphatic rings. The number of hydrazine groups is 1. The number of amides is 1. The normalized spacial score (nSPS) is 16.6. The summed E-state index contributed by atoms with van der Waals surface area (Å²) < 4.78 is 0. The first-order chi connectivity index (χ1) is 10.5. The van der Waals surface area contributed by atoms with Gasteiger partial charge in [-0.15, -0.1) is 0 Å². The first kappa shape index (κ1) is 16.5. The number of thiocarbonyl (C=S) groups is 1. The van der Waals surface area contributed by atoms with Gasteiger partial charge in [0.05, 0.1) is 0 Å². The Labute approximate surface area is 137 Å². The maximum atomic E-state index is 11.8. The maximum Gasteiger partial charge on any atom is 0.238 e. The van der Waals surface area contributed by atoms with Gasteiger partial charge in [-0.25, -0.2) is 0 Å². The van der Waals surface area contributed by atoms with Gasteiger partial charge in [-0.3, -0.25) is 15.6 Å². The fourth-order valence-electron chi connectivity index (χ4n) is 2.39. The minimum absolute atomic E-state index is 0.0455. The Morgan fingerprint density at radius 1 is 1.27 bits per heavy atom. The number of carbonyl (C=O) groups is 1. The van der Waals surface area contributed by atoms with Crippen molar-refractivity contribution < 1.29 is 4.79 Å². The maximum absolute atomic E-state index is 11.8. The summed E-state index contributed by atoms with van der Waals surface area (Å²) >= 11 is 5.17. The van der Waals surface area contributed by atoms with Crippen molar-refractivity contribution in [2.24, 2.45) is 5.92 Å². The highest BCUT2D eigenvalue weighted by Crippen LogP contribution is 2.20. The standard InChI is InChI=1S/C17H23N3OS/c1-12(2)14-7-9-15(10-8-14)18-17(22)20-19-16(21)11-13-5-3-4-6-13/h3,5,7-10,12-13H,4,6,11H2,1-2H3,(H,19,21)(H2,18,20,22)/t13-/m0/s1. The number of rotatable bonds is 4. The van der Waals surface area contributed by atoms with Crippen molar-refractivity contribution in [3.05, 3.63) is 42.0 Å². The summed E-state index contributed by atoms with van der Waals surface area (Å²) in [5.74, 6) is 0.811. The molecule has 1 amide bonds. The molecule has 0 bridgehead atoms. The van der Waals surface area contributed by atoms with Crippen LogP contribution in [0.1, 0.15) is 44.6 Å². The number of anilines is 1. The van der Waals surface area contributed by atoms with E-state index < -0.39 is 0 Å². The van der Waals surface area contributed by atoms with Crippen molar-refractivity contribution in [3.63, 3.8) is 0 Å². The quantitative estimate of drug-likeness (QED) is 0.452. The Kier molecular flexibility index (Phi) is 5.95. The number of hydrogen-bond acceptors (Lipinski definition) is 2. The molecule has 0 aromatic heterocycles. The van der Waals surface area contributed by atoms with Crippen molar-refractivity contribution in [1.29, 1.82) is 0 Å². The van der Waals surface area contributed by atoms with Crippen molar-refractivity contribution in [1.82, 2.24) is 10.9 Å². The molecule has 0 saturated carbocycles. The van der Waals surface area contributed by atoms with Gasteiger partial charge in [-0.1, -0.05) is 38.1 Å². The van der Waals surface area contributed by atoms with Crippen molar-refractivity contribution in [3.8, 4) is 0 Å². The van der Waals surface area contributed by atoms with Gasteiger partial charge in [0.15, 0.2) is 5.11 Å². The van der Waals surface area contributed by atoms with Gasteiger partial charge in [0.1, 0.15) is 0 Å². The zero-order valence-electron chi connectivity index (χ0n) is 13.1. The van der Waals surface area contributed by atoms with Gasteiger partial charge in [-0.2, -0.15) is 0 Å². The van der Waals surface area contributed by atoms with Crippen LogP contribution in [0.4, 0.5) is 5.69 Å². The lowest BCUT2D eigenvalue weighted by Gasteiger charge is -2.13. The van der Waals surface area contributed by atoms with E-state index in [0.717, 1.165) is 18.5 Å². The average molecular weight is 317 g/mol. The SMILES string of the molecule is CC(C)c1ccc(NC(=S)NNC(=O)C[C@H]2C=CCC2)cc1. The van der Waals surface area contributed by atoms with Crippen molar-refractivity contribution in [2.75, 3.05) is 5.32 Å². The molecule has 1 aromatic rings. The van der Waals surface area contributed by atoms with E-state index >= 15 is 0 Å². The van der Waals surface area contributed by atoms with Crippen LogP contribution < -0.4 is 16.2 Å². The van der Waals surface area contributed by atoms with Crippen LogP contribution in [0.5, 0.6) is 0 Å². The first-order valence-corrected chi connectivity index (χ1v) is 8.08. The summed E-state index contributed by atoms with van der Waals surface area (Å²) in [6.07, 6.45) is 6.84. The Balaban J connectivity index is 1.72. The molecule has 118 valence electrons. The van der Waals surface area contributed by atoms with Crippen LogP contribution in [0.3, 0.4) is 0 Å². The summed E-state index contributed by atoms with van der Waals surface area (Å²) in [7, 11) is 0. The van der Waals surface area contributed by atoms with Crippen LogP contribution in [0, 0.1) is 5.92 Å². The smallest absolute Gasteiger partial charge is 0.238 e. The highest BCUT2D eigenvalue weighted by atomic mass is 32.1. The zero-order chi connectivity index (χ0) is 15.9. The van der Waals surface area contributed by atoms with Crippen LogP contribution in [-0.2, 0) is 4.79 Å². The van der Waals surface area contributed by atoms with Gasteiger partial charge in [0, 0.05) is 12.1 Å². The number of allylic oxidation sites excluding steroid dienone is 2. The molecule has 1 atom stereocenters. The van der Waals surface area contributed by atoms with Crippen LogP contribution in [0.15, 0.2) is 36.4 Å². The Hall–Kier alpha value is -1.88. The summed E-state index contributed by atoms with van der Waals surface area (Å²) in [4.78, 5) is 11.8. The molecule has 0 radical (unpaired) electrons. The number of carbonyl (C=O) groups excluding carboxylic acids is 1. The fourth-order valence-corrected chi connectivity index (χ4v) is 2.56. The molecule has 0 unspecified atom stereocenters. The molecule has 0 saturated heterocycles. The minimum Gasteiger partial charge on any atom is -0.331 e. The molecule has 1 aliphatic carbocycles. The lowest BCUT2D eigenvalue weighted by atomic mass is 10.0. The van der Waals surface area contributed by atoms with Crippen LogP contribution in [0.25, 0.3) is 0 Å². The molecule has 0 fully saturated rings. The third-order valence-electron chi connectivity index (χ3n) is 3.71. The molecule has 22 heavy (non-hydrogen) atoms. The van der Waals surface area contributed by atoms with E-state index in [0.29, 0.717) is 23.4 Å². The van der Waals surface area contributed by atoms with Gasteiger partial charge < -0.3 is 5.32 Å². The van der Waals surface area contributed by atoms with Gasteiger partial charge in [0.2, 0.25) is 5.91 Å². The minimum atomic E-state index is -0.0455. The molecule has 0 aliphatic heterocycles. The largest absolute Gasteiger partial charge is 0.331 e. The van der Waals surface area contributed by atoms with Crippen molar-refractivity contribution in [2.45, 2.75) is 39.0 Å². The van der Waals surface area contributed by atoms with E-state index in [1.165, 1.54) is 5.56 Å². The molecular weight excluding hydrogens is 294 g/mol. The van der Waals surface area contributed by atoms with E-state index in [2.05, 4.69) is 54.3 Å². The van der Waals surface area contributed by atoms with Crippen LogP contribution >= 0.6 is 12.2 Å². The Morgan fingerprint density at radius 3 is 2.59 bits per heavy atom. The van der Waals surface area contributed by atoms with E-state index in [-0.39, 0.29) is 5.91 Å². The van der Waals surface area contributed by atoms with Gasteiger partial charge >= 0.3 is 0 Å². The third kappa shape index (κ3) is 5.15. The lowest BCUT2D eigenvalue weighted by molar-refractivity contribution is -0.122. The lowest BCUT2D eigenvalue weighted by Crippen LogP contribution is -2.44.